The van der Waals surface area contributed by atoms with Crippen molar-refractivity contribution in [2.24, 2.45) is 0 Å². The molecule has 0 aromatic heterocycles. The van der Waals surface area contributed by atoms with Crippen molar-refractivity contribution in [3.8, 4) is 11.1 Å². The summed E-state index contributed by atoms with van der Waals surface area (Å²) < 4.78 is 73.7. The van der Waals surface area contributed by atoms with Crippen LogP contribution >= 0.6 is 15.9 Å². The summed E-state index contributed by atoms with van der Waals surface area (Å²) in [5, 5.41) is 11.2. The Balaban J connectivity index is 2.42. The largest absolute Gasteiger partial charge is 0.373 e. The third-order valence-corrected chi connectivity index (χ3v) is 3.72. The van der Waals surface area contributed by atoms with Gasteiger partial charge in [0.2, 0.25) is 0 Å². The molecule has 0 bridgehead atoms. The van der Waals surface area contributed by atoms with Gasteiger partial charge in [-0.15, -0.1) is 0 Å². The highest BCUT2D eigenvalue weighted by Crippen LogP contribution is 2.30. The number of hydrogen-bond acceptors (Lipinski definition) is 2. The van der Waals surface area contributed by atoms with Gasteiger partial charge in [-0.2, -0.15) is 0 Å². The van der Waals surface area contributed by atoms with E-state index in [-0.39, 0.29) is 11.8 Å². The summed E-state index contributed by atoms with van der Waals surface area (Å²) in [4.78, 5) is 12.1. The van der Waals surface area contributed by atoms with Gasteiger partial charge >= 0.3 is 0 Å². The van der Waals surface area contributed by atoms with E-state index in [0.29, 0.717) is 5.56 Å². The van der Waals surface area contributed by atoms with E-state index >= 15 is 0 Å². The fourth-order valence-corrected chi connectivity index (χ4v) is 2.21. The standard InChI is InChI=1S/C20H15BrO2/c21-19-12-8-16(9-13-19)15-6-10-18(11-7-15)20(23,14-22)17-4-2-1-3-5-17/h1-14,23H/i1D,2D,3D,4D,5D,6D,7D,10D,11D. The van der Waals surface area contributed by atoms with E-state index in [1.165, 1.54) is 0 Å². The minimum atomic E-state index is -3.02. The second kappa shape index (κ2) is 6.49. The van der Waals surface area contributed by atoms with Crippen molar-refractivity contribution in [3.05, 3.63) is 94.2 Å². The summed E-state index contributed by atoms with van der Waals surface area (Å²) >= 11 is 3.27. The SMILES string of the molecule is [2H]c1c([2H])c([2H])c(C(O)(C=O)c2c([2H])c([2H])c(-c3ccc(Br)cc3)c([2H])c2[2H])c([2H])c1[2H]. The molecular formula is C20H15BrO2. The first-order valence-electron chi connectivity index (χ1n) is 11.0. The second-order valence-electron chi connectivity index (χ2n) is 4.64. The first-order valence-corrected chi connectivity index (χ1v) is 7.30. The topological polar surface area (TPSA) is 37.3 Å². The average molecular weight is 376 g/mol. The Morgan fingerprint density at radius 2 is 1.43 bits per heavy atom. The molecule has 1 atom stereocenters. The molecule has 0 saturated carbocycles. The maximum atomic E-state index is 12.1. The van der Waals surface area contributed by atoms with Crippen molar-refractivity contribution in [1.29, 1.82) is 0 Å². The van der Waals surface area contributed by atoms with Crippen LogP contribution < -0.4 is 0 Å². The third-order valence-electron chi connectivity index (χ3n) is 3.19. The Labute approximate surface area is 156 Å². The predicted octanol–water partition coefficient (Wildman–Crippen LogP) is 4.55. The Bertz CT molecular complexity index is 1200. The monoisotopic (exact) mass is 375 g/mol. The van der Waals surface area contributed by atoms with Crippen LogP contribution in [0.2, 0.25) is 0 Å². The number of carbonyl (C=O) groups excluding carboxylic acids is 1. The molecule has 2 nitrogen and oxygen atoms in total. The normalized spacial score (nSPS) is 18.8. The van der Waals surface area contributed by atoms with Crippen molar-refractivity contribution in [3.63, 3.8) is 0 Å². The van der Waals surface area contributed by atoms with Crippen molar-refractivity contribution in [2.45, 2.75) is 5.60 Å². The predicted molar refractivity (Wildman–Crippen MR) is 95.1 cm³/mol. The van der Waals surface area contributed by atoms with Gasteiger partial charge in [-0.3, -0.25) is 4.79 Å². The molecule has 114 valence electrons. The molecule has 1 N–H and O–H groups in total. The van der Waals surface area contributed by atoms with Crippen LogP contribution in [-0.2, 0) is 10.4 Å². The summed E-state index contributed by atoms with van der Waals surface area (Å²) in [6.45, 7) is 0. The Kier molecular flexibility index (Phi) is 2.27. The molecule has 0 saturated heterocycles. The zero-order chi connectivity index (χ0) is 24.1. The zero-order valence-electron chi connectivity index (χ0n) is 20.6. The zero-order valence-corrected chi connectivity index (χ0v) is 13.2. The number of aliphatic hydroxyl groups is 1. The van der Waals surface area contributed by atoms with Gasteiger partial charge in [-0.25, -0.2) is 0 Å². The Morgan fingerprint density at radius 3 is 2.00 bits per heavy atom. The Hall–Kier alpha value is -2.23. The van der Waals surface area contributed by atoms with E-state index in [2.05, 4.69) is 15.9 Å². The van der Waals surface area contributed by atoms with Crippen LogP contribution in [0.3, 0.4) is 0 Å². The number of benzene rings is 3. The molecule has 3 rings (SSSR count). The maximum Gasteiger partial charge on any atom is 0.170 e. The lowest BCUT2D eigenvalue weighted by Crippen LogP contribution is -2.28. The van der Waals surface area contributed by atoms with Crippen LogP contribution in [0.15, 0.2) is 83.1 Å². The summed E-state index contributed by atoms with van der Waals surface area (Å²) in [7, 11) is 0. The van der Waals surface area contributed by atoms with Crippen LogP contribution in [-0.4, -0.2) is 11.4 Å². The summed E-state index contributed by atoms with van der Waals surface area (Å²) in [5.74, 6) is 0. The third kappa shape index (κ3) is 3.11. The first kappa shape index (κ1) is 8.04. The number of aldehydes is 1. The van der Waals surface area contributed by atoms with Crippen LogP contribution in [0.1, 0.15) is 23.5 Å². The molecule has 0 aliphatic rings. The minimum absolute atomic E-state index is 0.0782. The fraction of sp³-hybridized carbons (Fsp3) is 0.0500. The van der Waals surface area contributed by atoms with Crippen molar-refractivity contribution in [2.75, 3.05) is 0 Å². The first-order chi connectivity index (χ1) is 14.9. The Morgan fingerprint density at radius 1 is 0.870 bits per heavy atom. The molecule has 0 heterocycles. The highest BCUT2D eigenvalue weighted by molar-refractivity contribution is 9.10. The molecule has 3 aromatic carbocycles. The highest BCUT2D eigenvalue weighted by Gasteiger charge is 2.30. The van der Waals surface area contributed by atoms with E-state index in [4.69, 9.17) is 12.3 Å². The van der Waals surface area contributed by atoms with Gasteiger partial charge in [0.15, 0.2) is 11.9 Å². The molecule has 3 heteroatoms. The van der Waals surface area contributed by atoms with Gasteiger partial charge in [-0.05, 0) is 34.4 Å². The van der Waals surface area contributed by atoms with E-state index in [0.717, 1.165) is 4.47 Å². The summed E-state index contributed by atoms with van der Waals surface area (Å²) in [6.07, 6.45) is -0.148. The molecular weight excluding hydrogens is 352 g/mol. The van der Waals surface area contributed by atoms with Crippen molar-refractivity contribution < 1.29 is 22.2 Å². The van der Waals surface area contributed by atoms with Crippen molar-refractivity contribution >= 4 is 22.2 Å². The van der Waals surface area contributed by atoms with Crippen LogP contribution in [0.4, 0.5) is 0 Å². The number of halogens is 1. The molecule has 0 radical (unpaired) electrons. The molecule has 3 aromatic rings. The molecule has 1 unspecified atom stereocenters. The summed E-state index contributed by atoms with van der Waals surface area (Å²) in [5.41, 5.74) is -4.40. The molecule has 0 aliphatic carbocycles. The molecule has 0 spiro atoms. The van der Waals surface area contributed by atoms with Crippen molar-refractivity contribution in [1.82, 2.24) is 0 Å². The average Bonchev–Trinajstić information content (AvgIpc) is 2.76. The number of carbonyl (C=O) groups is 1. The van der Waals surface area contributed by atoms with Gasteiger partial charge in [0, 0.05) is 4.47 Å². The summed E-state index contributed by atoms with van der Waals surface area (Å²) in [6, 6.07) is -0.409. The van der Waals surface area contributed by atoms with Crippen LogP contribution in [0.5, 0.6) is 0 Å². The van der Waals surface area contributed by atoms with E-state index in [1.54, 1.807) is 24.3 Å². The molecule has 0 aliphatic heterocycles. The lowest BCUT2D eigenvalue weighted by molar-refractivity contribution is -0.121. The minimum Gasteiger partial charge on any atom is -0.373 e. The fourth-order valence-electron chi connectivity index (χ4n) is 1.95. The van der Waals surface area contributed by atoms with E-state index in [1.807, 2.05) is 0 Å². The lowest BCUT2D eigenvalue weighted by atomic mass is 9.87. The second-order valence-corrected chi connectivity index (χ2v) is 5.56. The van der Waals surface area contributed by atoms with E-state index < -0.39 is 71.1 Å². The lowest BCUT2D eigenvalue weighted by Gasteiger charge is -2.23. The highest BCUT2D eigenvalue weighted by atomic mass is 79.9. The van der Waals surface area contributed by atoms with Crippen LogP contribution in [0, 0.1) is 0 Å². The van der Waals surface area contributed by atoms with Gasteiger partial charge < -0.3 is 5.11 Å². The number of hydrogen-bond donors (Lipinski definition) is 1. The molecule has 0 amide bonds. The molecule has 0 fully saturated rings. The quantitative estimate of drug-likeness (QED) is 0.679. The van der Waals surface area contributed by atoms with Gasteiger partial charge in [0.1, 0.15) is 0 Å². The van der Waals surface area contributed by atoms with E-state index in [9.17, 15) is 9.90 Å². The van der Waals surface area contributed by atoms with Crippen LogP contribution in [0.25, 0.3) is 11.1 Å². The van der Waals surface area contributed by atoms with Gasteiger partial charge in [-0.1, -0.05) is 82.4 Å². The van der Waals surface area contributed by atoms with Gasteiger partial charge in [0.05, 0.1) is 12.3 Å². The smallest absolute Gasteiger partial charge is 0.170 e. The molecule has 23 heavy (non-hydrogen) atoms. The maximum absolute atomic E-state index is 12.1. The van der Waals surface area contributed by atoms with Gasteiger partial charge in [0.25, 0.3) is 0 Å². The number of rotatable bonds is 4.